The van der Waals surface area contributed by atoms with Gasteiger partial charge in [-0.2, -0.15) is 0 Å². The summed E-state index contributed by atoms with van der Waals surface area (Å²) in [5.41, 5.74) is 4.32. The summed E-state index contributed by atoms with van der Waals surface area (Å²) in [6, 6.07) is 6.76. The molecule has 0 saturated carbocycles. The number of aromatic nitrogens is 1. The summed E-state index contributed by atoms with van der Waals surface area (Å²) < 4.78 is 18.8. The first-order valence-electron chi connectivity index (χ1n) is 6.69. The molecule has 0 saturated heterocycles. The lowest BCUT2D eigenvalue weighted by Gasteiger charge is -2.23. The van der Waals surface area contributed by atoms with Crippen molar-refractivity contribution in [2.24, 2.45) is 4.99 Å². The van der Waals surface area contributed by atoms with Crippen molar-refractivity contribution >= 4 is 11.9 Å². The topological polar surface area (TPSA) is 46.5 Å². The molecule has 0 aliphatic carbocycles. The Hall–Kier alpha value is -2.43. The molecule has 1 aliphatic heterocycles. The van der Waals surface area contributed by atoms with E-state index in [1.807, 2.05) is 26.0 Å². The third kappa shape index (κ3) is 2.59. The zero-order valence-corrected chi connectivity index (χ0v) is 12.1. The summed E-state index contributed by atoms with van der Waals surface area (Å²) in [5.74, 6) is 0.135. The molecule has 2 aromatic rings. The molecule has 0 radical (unpaired) electrons. The Balaban J connectivity index is 2.00. The van der Waals surface area contributed by atoms with Crippen LogP contribution in [-0.4, -0.2) is 18.3 Å². The van der Waals surface area contributed by atoms with Crippen molar-refractivity contribution in [3.05, 3.63) is 52.6 Å². The van der Waals surface area contributed by atoms with Crippen LogP contribution in [0.4, 0.5) is 10.1 Å². The Morgan fingerprint density at radius 1 is 1.14 bits per heavy atom. The van der Waals surface area contributed by atoms with Crippen LogP contribution in [0, 0.1) is 19.7 Å². The van der Waals surface area contributed by atoms with Gasteiger partial charge in [0.15, 0.2) is 0 Å². The summed E-state index contributed by atoms with van der Waals surface area (Å²) in [6.45, 7) is 3.89. The molecule has 1 atom stereocenters. The number of aryl methyl sites for hydroxylation is 2. The standard InChI is InChI=1S/C16H16FN3O/c1-9-4-11(5-10(2)19-9)16-18-8-13-14(20-16)6-12(17)7-15(13)21-3/h4-8,16,20H,1-3H3. The van der Waals surface area contributed by atoms with Crippen LogP contribution < -0.4 is 10.1 Å². The molecule has 1 aliphatic rings. The van der Waals surface area contributed by atoms with E-state index in [0.717, 1.165) is 22.5 Å². The van der Waals surface area contributed by atoms with Gasteiger partial charge in [0.05, 0.1) is 18.4 Å². The first-order valence-corrected chi connectivity index (χ1v) is 6.69. The molecule has 1 aromatic carbocycles. The number of aliphatic imine (C=N–C) groups is 1. The summed E-state index contributed by atoms with van der Waals surface area (Å²) in [5, 5.41) is 3.24. The van der Waals surface area contributed by atoms with Crippen LogP contribution in [0.2, 0.25) is 0 Å². The lowest BCUT2D eigenvalue weighted by molar-refractivity contribution is 0.410. The van der Waals surface area contributed by atoms with Crippen LogP contribution in [0.25, 0.3) is 0 Å². The van der Waals surface area contributed by atoms with Gasteiger partial charge in [0.25, 0.3) is 0 Å². The van der Waals surface area contributed by atoms with Gasteiger partial charge in [0.1, 0.15) is 17.7 Å². The van der Waals surface area contributed by atoms with E-state index in [2.05, 4.69) is 15.3 Å². The summed E-state index contributed by atoms with van der Waals surface area (Å²) in [4.78, 5) is 8.85. The van der Waals surface area contributed by atoms with Gasteiger partial charge in [-0.1, -0.05) is 0 Å². The van der Waals surface area contributed by atoms with Crippen molar-refractivity contribution < 1.29 is 9.13 Å². The highest BCUT2D eigenvalue weighted by Crippen LogP contribution is 2.33. The molecule has 0 bridgehead atoms. The number of benzene rings is 1. The van der Waals surface area contributed by atoms with Crippen molar-refractivity contribution in [2.75, 3.05) is 12.4 Å². The van der Waals surface area contributed by atoms with Crippen LogP contribution in [0.3, 0.4) is 0 Å². The number of anilines is 1. The van der Waals surface area contributed by atoms with Crippen molar-refractivity contribution in [3.8, 4) is 5.75 Å². The first-order chi connectivity index (χ1) is 10.1. The molecular weight excluding hydrogens is 269 g/mol. The van der Waals surface area contributed by atoms with Crippen LogP contribution in [0.5, 0.6) is 5.75 Å². The minimum Gasteiger partial charge on any atom is -0.496 e. The molecule has 108 valence electrons. The van der Waals surface area contributed by atoms with Gasteiger partial charge in [-0.3, -0.25) is 9.98 Å². The maximum absolute atomic E-state index is 13.6. The summed E-state index contributed by atoms with van der Waals surface area (Å²) in [6.07, 6.45) is 1.48. The number of fused-ring (bicyclic) bond motifs is 1. The maximum Gasteiger partial charge on any atom is 0.144 e. The van der Waals surface area contributed by atoms with Gasteiger partial charge in [-0.05, 0) is 37.6 Å². The normalized spacial score (nSPS) is 16.3. The molecule has 3 rings (SSSR count). The SMILES string of the molecule is COc1cc(F)cc2c1C=NC(c1cc(C)nc(C)c1)N2. The van der Waals surface area contributed by atoms with Crippen molar-refractivity contribution in [1.82, 2.24) is 4.98 Å². The van der Waals surface area contributed by atoms with Crippen molar-refractivity contribution in [3.63, 3.8) is 0 Å². The molecule has 0 spiro atoms. The van der Waals surface area contributed by atoms with E-state index in [4.69, 9.17) is 4.74 Å². The molecule has 1 aromatic heterocycles. The number of hydrogen-bond acceptors (Lipinski definition) is 4. The van der Waals surface area contributed by atoms with Gasteiger partial charge >= 0.3 is 0 Å². The van der Waals surface area contributed by atoms with Crippen LogP contribution in [0.15, 0.2) is 29.3 Å². The Bertz CT molecular complexity index is 707. The quantitative estimate of drug-likeness (QED) is 0.920. The second-order valence-corrected chi connectivity index (χ2v) is 5.08. The fraction of sp³-hybridized carbons (Fsp3) is 0.250. The molecule has 1 N–H and O–H groups in total. The molecule has 5 heteroatoms. The third-order valence-electron chi connectivity index (χ3n) is 3.39. The Morgan fingerprint density at radius 2 is 1.86 bits per heavy atom. The molecule has 21 heavy (non-hydrogen) atoms. The fourth-order valence-corrected chi connectivity index (χ4v) is 2.54. The largest absolute Gasteiger partial charge is 0.496 e. The molecule has 4 nitrogen and oxygen atoms in total. The van der Waals surface area contributed by atoms with Gasteiger partial charge in [0.2, 0.25) is 0 Å². The van der Waals surface area contributed by atoms with Gasteiger partial charge < -0.3 is 10.1 Å². The lowest BCUT2D eigenvalue weighted by atomic mass is 10.1. The highest BCUT2D eigenvalue weighted by molar-refractivity contribution is 5.93. The Morgan fingerprint density at radius 3 is 2.52 bits per heavy atom. The number of pyridine rings is 1. The van der Waals surface area contributed by atoms with E-state index >= 15 is 0 Å². The van der Waals surface area contributed by atoms with Gasteiger partial charge in [-0.25, -0.2) is 4.39 Å². The third-order valence-corrected chi connectivity index (χ3v) is 3.39. The predicted octanol–water partition coefficient (Wildman–Crippen LogP) is 3.39. The van der Waals surface area contributed by atoms with E-state index in [-0.39, 0.29) is 12.0 Å². The molecule has 1 unspecified atom stereocenters. The second kappa shape index (κ2) is 5.16. The van der Waals surface area contributed by atoms with E-state index in [9.17, 15) is 4.39 Å². The van der Waals surface area contributed by atoms with Crippen molar-refractivity contribution in [2.45, 2.75) is 20.0 Å². The maximum atomic E-state index is 13.6. The molecule has 0 amide bonds. The van der Waals surface area contributed by atoms with Gasteiger partial charge in [-0.15, -0.1) is 0 Å². The number of ether oxygens (including phenoxy) is 1. The molecule has 0 fully saturated rings. The zero-order chi connectivity index (χ0) is 15.0. The van der Waals surface area contributed by atoms with E-state index in [1.165, 1.54) is 19.2 Å². The van der Waals surface area contributed by atoms with Crippen LogP contribution in [-0.2, 0) is 0 Å². The summed E-state index contributed by atoms with van der Waals surface area (Å²) in [7, 11) is 1.52. The number of halogens is 1. The number of methoxy groups -OCH3 is 1. The van der Waals surface area contributed by atoms with Crippen molar-refractivity contribution in [1.29, 1.82) is 0 Å². The molecular formula is C16H16FN3O. The first kappa shape index (κ1) is 13.5. The van der Waals surface area contributed by atoms with Gasteiger partial charge in [0, 0.05) is 23.7 Å². The number of rotatable bonds is 2. The molecule has 2 heterocycles. The minimum atomic E-state index is -0.339. The Kier molecular flexibility index (Phi) is 3.33. The minimum absolute atomic E-state index is 0.246. The zero-order valence-electron chi connectivity index (χ0n) is 12.1. The monoisotopic (exact) mass is 285 g/mol. The highest BCUT2D eigenvalue weighted by atomic mass is 19.1. The highest BCUT2D eigenvalue weighted by Gasteiger charge is 2.20. The smallest absolute Gasteiger partial charge is 0.144 e. The average molecular weight is 285 g/mol. The van der Waals surface area contributed by atoms with Crippen LogP contribution in [0.1, 0.15) is 28.7 Å². The van der Waals surface area contributed by atoms with Crippen LogP contribution >= 0.6 is 0 Å². The average Bonchev–Trinajstić information content (AvgIpc) is 2.44. The summed E-state index contributed by atoms with van der Waals surface area (Å²) >= 11 is 0. The number of nitrogens with one attached hydrogen (secondary N) is 1. The lowest BCUT2D eigenvalue weighted by Crippen LogP contribution is -2.16. The fourth-order valence-electron chi connectivity index (χ4n) is 2.54. The van der Waals surface area contributed by atoms with E-state index in [1.54, 1.807) is 6.21 Å². The number of hydrogen-bond donors (Lipinski definition) is 1. The Labute approximate surface area is 122 Å². The van der Waals surface area contributed by atoms with E-state index < -0.39 is 0 Å². The number of nitrogens with zero attached hydrogens (tertiary/aromatic N) is 2. The second-order valence-electron chi connectivity index (χ2n) is 5.08. The predicted molar refractivity (Wildman–Crippen MR) is 80.6 cm³/mol. The van der Waals surface area contributed by atoms with E-state index in [0.29, 0.717) is 11.4 Å².